The van der Waals surface area contributed by atoms with Crippen LogP contribution in [0.15, 0.2) is 24.3 Å². The van der Waals surface area contributed by atoms with Gasteiger partial charge in [0.15, 0.2) is 0 Å². The average Bonchev–Trinajstić information content (AvgIpc) is 2.70. The lowest BCUT2D eigenvalue weighted by molar-refractivity contribution is 0.0453. The van der Waals surface area contributed by atoms with Crippen LogP contribution in [0.3, 0.4) is 0 Å². The van der Waals surface area contributed by atoms with Gasteiger partial charge in [0, 0.05) is 11.0 Å². The van der Waals surface area contributed by atoms with E-state index in [9.17, 15) is 5.11 Å². The predicted octanol–water partition coefficient (Wildman–Crippen LogP) is 3.75. The van der Waals surface area contributed by atoms with E-state index in [-0.39, 0.29) is 0 Å². The molecule has 1 aromatic rings. The van der Waals surface area contributed by atoms with Gasteiger partial charge in [0.2, 0.25) is 0 Å². The van der Waals surface area contributed by atoms with Gasteiger partial charge in [-0.2, -0.15) is 11.8 Å². The van der Waals surface area contributed by atoms with Crippen LogP contribution in [0.2, 0.25) is 0 Å². The van der Waals surface area contributed by atoms with Crippen LogP contribution >= 0.6 is 11.8 Å². The van der Waals surface area contributed by atoms with Crippen LogP contribution in [-0.2, 0) is 6.42 Å². The Morgan fingerprint density at radius 3 is 3.00 bits per heavy atom. The fraction of sp³-hybridized carbons (Fsp3) is 0.625. The molecule has 2 aliphatic rings. The number of hydrogen-bond donors (Lipinski definition) is 1. The lowest BCUT2D eigenvalue weighted by atomic mass is 9.76. The summed E-state index contributed by atoms with van der Waals surface area (Å²) in [5.74, 6) is 1.50. The second-order valence-corrected chi connectivity index (χ2v) is 7.47. The van der Waals surface area contributed by atoms with E-state index in [1.54, 1.807) is 0 Å². The Labute approximate surface area is 114 Å². The number of hydrogen-bond acceptors (Lipinski definition) is 2. The van der Waals surface area contributed by atoms with Gasteiger partial charge in [0.05, 0.1) is 5.60 Å². The van der Waals surface area contributed by atoms with E-state index in [0.29, 0.717) is 11.2 Å². The normalized spacial score (nSPS) is 35.4. The first kappa shape index (κ1) is 12.6. The minimum Gasteiger partial charge on any atom is -0.389 e. The van der Waals surface area contributed by atoms with Gasteiger partial charge in [-0.15, -0.1) is 0 Å². The molecular weight excluding hydrogens is 240 g/mol. The molecule has 3 unspecified atom stereocenters. The summed E-state index contributed by atoms with van der Waals surface area (Å²) in [4.78, 5) is 0. The number of benzene rings is 1. The zero-order valence-corrected chi connectivity index (χ0v) is 11.9. The van der Waals surface area contributed by atoms with E-state index >= 15 is 0 Å². The Morgan fingerprint density at radius 1 is 1.39 bits per heavy atom. The fourth-order valence-electron chi connectivity index (χ4n) is 3.62. The first-order valence-corrected chi connectivity index (χ1v) is 8.13. The monoisotopic (exact) mass is 262 g/mol. The third-order valence-electron chi connectivity index (χ3n) is 4.42. The molecule has 1 aliphatic carbocycles. The van der Waals surface area contributed by atoms with Crippen LogP contribution in [0.4, 0.5) is 0 Å². The Kier molecular flexibility index (Phi) is 3.42. The molecule has 1 aromatic carbocycles. The van der Waals surface area contributed by atoms with Crippen molar-refractivity contribution < 1.29 is 5.11 Å². The van der Waals surface area contributed by atoms with E-state index < -0.39 is 5.60 Å². The van der Waals surface area contributed by atoms with Crippen LogP contribution in [0.25, 0.3) is 0 Å². The molecule has 1 saturated heterocycles. The summed E-state index contributed by atoms with van der Waals surface area (Å²) >= 11 is 1.92. The highest BCUT2D eigenvalue weighted by Crippen LogP contribution is 2.43. The summed E-state index contributed by atoms with van der Waals surface area (Å²) in [5.41, 5.74) is 2.59. The first-order valence-electron chi connectivity index (χ1n) is 7.08. The molecule has 0 amide bonds. The van der Waals surface area contributed by atoms with E-state index in [1.165, 1.54) is 30.4 Å². The maximum absolute atomic E-state index is 10.7. The second-order valence-electron chi connectivity index (χ2n) is 6.04. The van der Waals surface area contributed by atoms with Crippen molar-refractivity contribution in [2.75, 3.05) is 5.75 Å². The summed E-state index contributed by atoms with van der Waals surface area (Å²) in [6.07, 6.45) is 5.67. The summed E-state index contributed by atoms with van der Waals surface area (Å²) in [6, 6.07) is 8.82. The van der Waals surface area contributed by atoms with Crippen LogP contribution in [0.5, 0.6) is 0 Å². The van der Waals surface area contributed by atoms with Gasteiger partial charge in [0.1, 0.15) is 0 Å². The lowest BCUT2D eigenvalue weighted by Gasteiger charge is -2.32. The van der Waals surface area contributed by atoms with Gasteiger partial charge in [0.25, 0.3) is 0 Å². The predicted molar refractivity (Wildman–Crippen MR) is 78.2 cm³/mol. The van der Waals surface area contributed by atoms with Crippen molar-refractivity contribution in [3.63, 3.8) is 0 Å². The van der Waals surface area contributed by atoms with Crippen molar-refractivity contribution in [3.8, 4) is 0 Å². The third-order valence-corrected chi connectivity index (χ3v) is 5.86. The number of thioether (sulfide) groups is 1. The van der Waals surface area contributed by atoms with E-state index in [0.717, 1.165) is 18.6 Å². The molecule has 0 bridgehead atoms. The standard InChI is InChI=1S/C16H22OS/c1-12-9-16(17,11-18-12)10-14-7-4-6-13-5-2-3-8-15(13)14/h2-3,5,8,12,14,17H,4,6-7,9-11H2,1H3. The van der Waals surface area contributed by atoms with Crippen LogP contribution in [0.1, 0.15) is 49.7 Å². The average molecular weight is 262 g/mol. The van der Waals surface area contributed by atoms with Gasteiger partial charge in [-0.25, -0.2) is 0 Å². The molecule has 1 N–H and O–H groups in total. The first-order chi connectivity index (χ1) is 8.66. The van der Waals surface area contributed by atoms with Gasteiger partial charge in [-0.1, -0.05) is 31.2 Å². The van der Waals surface area contributed by atoms with Crippen molar-refractivity contribution in [2.24, 2.45) is 0 Å². The summed E-state index contributed by atoms with van der Waals surface area (Å²) < 4.78 is 0. The summed E-state index contributed by atoms with van der Waals surface area (Å²) in [5, 5.41) is 11.3. The number of aliphatic hydroxyl groups is 1. The van der Waals surface area contributed by atoms with Crippen LogP contribution in [0, 0.1) is 0 Å². The zero-order valence-electron chi connectivity index (χ0n) is 11.1. The molecule has 0 aromatic heterocycles. The molecule has 3 rings (SSSR count). The Bertz CT molecular complexity index is 431. The SMILES string of the molecule is CC1CC(O)(CC2CCCc3ccccc32)CS1. The molecule has 2 heteroatoms. The van der Waals surface area contributed by atoms with Crippen molar-refractivity contribution in [3.05, 3.63) is 35.4 Å². The highest BCUT2D eigenvalue weighted by molar-refractivity contribution is 8.00. The molecule has 98 valence electrons. The molecule has 1 heterocycles. The molecule has 0 spiro atoms. The molecular formula is C16H22OS. The highest BCUT2D eigenvalue weighted by Gasteiger charge is 2.38. The van der Waals surface area contributed by atoms with E-state index in [2.05, 4.69) is 31.2 Å². The second kappa shape index (κ2) is 4.90. The zero-order chi connectivity index (χ0) is 12.6. The third kappa shape index (κ3) is 2.46. The minimum atomic E-state index is -0.417. The Hall–Kier alpha value is -0.470. The van der Waals surface area contributed by atoms with Crippen molar-refractivity contribution in [1.82, 2.24) is 0 Å². The van der Waals surface area contributed by atoms with Crippen molar-refractivity contribution in [1.29, 1.82) is 0 Å². The number of fused-ring (bicyclic) bond motifs is 1. The molecule has 0 radical (unpaired) electrons. The van der Waals surface area contributed by atoms with Crippen LogP contribution < -0.4 is 0 Å². The topological polar surface area (TPSA) is 20.2 Å². The fourth-order valence-corrected chi connectivity index (χ4v) is 4.88. The highest BCUT2D eigenvalue weighted by atomic mass is 32.2. The van der Waals surface area contributed by atoms with E-state index in [4.69, 9.17) is 0 Å². The van der Waals surface area contributed by atoms with E-state index in [1.807, 2.05) is 11.8 Å². The molecule has 1 nitrogen and oxygen atoms in total. The maximum Gasteiger partial charge on any atom is 0.0754 e. The maximum atomic E-state index is 10.7. The largest absolute Gasteiger partial charge is 0.389 e. The van der Waals surface area contributed by atoms with Gasteiger partial charge >= 0.3 is 0 Å². The van der Waals surface area contributed by atoms with Gasteiger partial charge in [-0.05, 0) is 49.1 Å². The molecule has 0 saturated carbocycles. The summed E-state index contributed by atoms with van der Waals surface area (Å²) in [6.45, 7) is 2.23. The molecule has 18 heavy (non-hydrogen) atoms. The van der Waals surface area contributed by atoms with Crippen molar-refractivity contribution >= 4 is 11.8 Å². The Balaban J connectivity index is 1.78. The smallest absolute Gasteiger partial charge is 0.0754 e. The Morgan fingerprint density at radius 2 is 2.22 bits per heavy atom. The summed E-state index contributed by atoms with van der Waals surface area (Å²) in [7, 11) is 0. The minimum absolute atomic E-state index is 0.417. The van der Waals surface area contributed by atoms with Gasteiger partial charge in [-0.3, -0.25) is 0 Å². The van der Waals surface area contributed by atoms with Crippen molar-refractivity contribution in [2.45, 2.75) is 55.8 Å². The number of rotatable bonds is 2. The van der Waals surface area contributed by atoms with Crippen LogP contribution in [-0.4, -0.2) is 21.7 Å². The van der Waals surface area contributed by atoms with Gasteiger partial charge < -0.3 is 5.11 Å². The number of aryl methyl sites for hydroxylation is 1. The molecule has 3 atom stereocenters. The molecule has 1 aliphatic heterocycles. The lowest BCUT2D eigenvalue weighted by Crippen LogP contribution is -2.32. The molecule has 1 fully saturated rings. The quantitative estimate of drug-likeness (QED) is 0.876.